The van der Waals surface area contributed by atoms with Crippen LogP contribution in [0.15, 0.2) is 0 Å². The zero-order chi connectivity index (χ0) is 20.5. The molecule has 1 heterocycles. The Labute approximate surface area is 172 Å². The molecule has 0 spiro atoms. The van der Waals surface area contributed by atoms with Crippen LogP contribution in [-0.2, 0) is 9.53 Å². The quantitative estimate of drug-likeness (QED) is 0.720. The van der Waals surface area contributed by atoms with Gasteiger partial charge in [-0.2, -0.15) is 5.26 Å². The van der Waals surface area contributed by atoms with E-state index in [0.29, 0.717) is 18.4 Å². The van der Waals surface area contributed by atoms with Gasteiger partial charge in [-0.05, 0) is 82.9 Å². The summed E-state index contributed by atoms with van der Waals surface area (Å²) < 4.78 is 7.22. The SMILES string of the molecule is CC(C)(C)NC(=O)OC1C[C@@H]2CC(N(Cl)CC(=O)N3CCC[C@H]3C#N)C[C@@H]2C1. The van der Waals surface area contributed by atoms with Crippen LogP contribution in [0.2, 0.25) is 0 Å². The highest BCUT2D eigenvalue weighted by molar-refractivity contribution is 6.14. The lowest BCUT2D eigenvalue weighted by Gasteiger charge is -2.26. The molecule has 3 aliphatic rings. The number of alkyl carbamates (subject to hydrolysis) is 1. The highest BCUT2D eigenvalue weighted by Crippen LogP contribution is 2.47. The second-order valence-corrected chi connectivity index (χ2v) is 9.89. The average molecular weight is 411 g/mol. The smallest absolute Gasteiger partial charge is 0.407 e. The number of ether oxygens (including phenoxy) is 1. The molecule has 5 atom stereocenters. The number of likely N-dealkylation sites (tertiary alicyclic amines) is 1. The second-order valence-electron chi connectivity index (χ2n) is 9.45. The zero-order valence-electron chi connectivity index (χ0n) is 17.0. The number of hydrogen-bond acceptors (Lipinski definition) is 5. The number of nitrogens with one attached hydrogen (secondary N) is 1. The predicted octanol–water partition coefficient (Wildman–Crippen LogP) is 3.04. The minimum Gasteiger partial charge on any atom is -0.446 e. The third kappa shape index (κ3) is 5.09. The first-order chi connectivity index (χ1) is 13.2. The van der Waals surface area contributed by atoms with Crippen molar-refractivity contribution in [3.63, 3.8) is 0 Å². The van der Waals surface area contributed by atoms with Crippen molar-refractivity contribution in [2.24, 2.45) is 11.8 Å². The molecule has 0 aromatic carbocycles. The largest absolute Gasteiger partial charge is 0.446 e. The molecule has 2 unspecified atom stereocenters. The number of halogens is 1. The lowest BCUT2D eigenvalue weighted by atomic mass is 10.0. The Kier molecular flexibility index (Phi) is 6.41. The molecule has 0 aromatic heterocycles. The van der Waals surface area contributed by atoms with E-state index in [-0.39, 0.29) is 42.3 Å². The molecule has 1 N–H and O–H groups in total. The highest BCUT2D eigenvalue weighted by atomic mass is 35.5. The normalized spacial score (nSPS) is 32.3. The van der Waals surface area contributed by atoms with E-state index in [0.717, 1.165) is 38.5 Å². The molecule has 7 nitrogen and oxygen atoms in total. The maximum atomic E-state index is 12.5. The van der Waals surface area contributed by atoms with Crippen molar-refractivity contribution in [2.75, 3.05) is 13.1 Å². The van der Waals surface area contributed by atoms with E-state index >= 15 is 0 Å². The number of carbonyl (C=O) groups excluding carboxylic acids is 2. The van der Waals surface area contributed by atoms with Crippen LogP contribution in [0.25, 0.3) is 0 Å². The van der Waals surface area contributed by atoms with Crippen molar-refractivity contribution >= 4 is 23.8 Å². The number of carbonyl (C=O) groups is 2. The Hall–Kier alpha value is -1.52. The summed E-state index contributed by atoms with van der Waals surface area (Å²) in [5.74, 6) is 0.899. The van der Waals surface area contributed by atoms with E-state index in [9.17, 15) is 9.59 Å². The number of rotatable bonds is 4. The molecule has 0 radical (unpaired) electrons. The standard InChI is InChI=1S/C20H31ClN4O3/c1-20(2,3)23-19(27)28-17-9-13-7-16(8-14(13)10-17)25(21)12-18(26)24-6-4-5-15(24)11-22/h13-17H,4-10,12H2,1-3H3,(H,23,27)/t13-,14+,15-,16?,17?/m0/s1. The van der Waals surface area contributed by atoms with Gasteiger partial charge < -0.3 is 15.0 Å². The maximum absolute atomic E-state index is 12.5. The molecule has 3 rings (SSSR count). The van der Waals surface area contributed by atoms with Crippen LogP contribution in [0, 0.1) is 23.2 Å². The molecule has 0 bridgehead atoms. The Morgan fingerprint density at radius 1 is 1.25 bits per heavy atom. The molecule has 1 aliphatic heterocycles. The van der Waals surface area contributed by atoms with Crippen molar-refractivity contribution in [3.8, 4) is 6.07 Å². The summed E-state index contributed by atoms with van der Waals surface area (Å²) >= 11 is 6.46. The van der Waals surface area contributed by atoms with Crippen LogP contribution in [-0.4, -0.2) is 58.1 Å². The van der Waals surface area contributed by atoms with Crippen molar-refractivity contribution in [2.45, 2.75) is 83.0 Å². The lowest BCUT2D eigenvalue weighted by molar-refractivity contribution is -0.131. The number of nitrogens with zero attached hydrogens (tertiary/aromatic N) is 3. The number of hydrogen-bond donors (Lipinski definition) is 1. The average Bonchev–Trinajstić information content (AvgIpc) is 3.26. The third-order valence-electron chi connectivity index (χ3n) is 6.10. The first-order valence-electron chi connectivity index (χ1n) is 10.3. The molecule has 28 heavy (non-hydrogen) atoms. The van der Waals surface area contributed by atoms with Crippen molar-refractivity contribution in [3.05, 3.63) is 0 Å². The summed E-state index contributed by atoms with van der Waals surface area (Å²) in [6, 6.07) is 2.05. The molecule has 3 fully saturated rings. The summed E-state index contributed by atoms with van der Waals surface area (Å²) in [6.45, 7) is 6.59. The summed E-state index contributed by atoms with van der Waals surface area (Å²) in [7, 11) is 0. The van der Waals surface area contributed by atoms with E-state index in [4.69, 9.17) is 21.8 Å². The van der Waals surface area contributed by atoms with Gasteiger partial charge >= 0.3 is 6.09 Å². The van der Waals surface area contributed by atoms with Gasteiger partial charge in [-0.3, -0.25) is 4.79 Å². The molecule has 2 saturated carbocycles. The van der Waals surface area contributed by atoms with Crippen molar-refractivity contribution in [1.82, 2.24) is 14.6 Å². The number of nitriles is 1. The fourth-order valence-corrected chi connectivity index (χ4v) is 5.15. The number of fused-ring (bicyclic) bond motifs is 1. The Bertz CT molecular complexity index is 630. The predicted molar refractivity (Wildman–Crippen MR) is 105 cm³/mol. The van der Waals surface area contributed by atoms with Gasteiger partial charge in [-0.15, -0.1) is 0 Å². The minimum atomic E-state index is -0.351. The minimum absolute atomic E-state index is 0.0373. The van der Waals surface area contributed by atoms with Crippen LogP contribution in [0.4, 0.5) is 4.79 Å². The summed E-state index contributed by atoms with van der Waals surface area (Å²) in [5.41, 5.74) is -0.303. The highest BCUT2D eigenvalue weighted by Gasteiger charge is 2.45. The molecule has 2 amide bonds. The number of amides is 2. The third-order valence-corrected chi connectivity index (χ3v) is 6.50. The first kappa shape index (κ1) is 21.2. The van der Waals surface area contributed by atoms with Crippen LogP contribution in [0.5, 0.6) is 0 Å². The molecule has 1 saturated heterocycles. The van der Waals surface area contributed by atoms with Crippen LogP contribution in [0.3, 0.4) is 0 Å². The van der Waals surface area contributed by atoms with E-state index in [1.54, 1.807) is 9.32 Å². The van der Waals surface area contributed by atoms with E-state index < -0.39 is 0 Å². The molecule has 8 heteroatoms. The van der Waals surface area contributed by atoms with Gasteiger partial charge in [0.2, 0.25) is 5.91 Å². The van der Waals surface area contributed by atoms with Gasteiger partial charge in [0.05, 0.1) is 12.6 Å². The molecular weight excluding hydrogens is 380 g/mol. The topological polar surface area (TPSA) is 85.7 Å². The molecule has 0 aromatic rings. The van der Waals surface area contributed by atoms with Gasteiger partial charge in [0.15, 0.2) is 0 Å². The van der Waals surface area contributed by atoms with Crippen molar-refractivity contribution < 1.29 is 14.3 Å². The van der Waals surface area contributed by atoms with Crippen LogP contribution >= 0.6 is 11.8 Å². The fourth-order valence-electron chi connectivity index (χ4n) is 4.89. The zero-order valence-corrected chi connectivity index (χ0v) is 17.7. The second kappa shape index (κ2) is 8.46. The fraction of sp³-hybridized carbons (Fsp3) is 0.850. The van der Waals surface area contributed by atoms with Gasteiger partial charge in [0, 0.05) is 18.1 Å². The van der Waals surface area contributed by atoms with Gasteiger partial charge in [-0.1, -0.05) is 0 Å². The van der Waals surface area contributed by atoms with E-state index in [1.165, 1.54) is 0 Å². The first-order valence-corrected chi connectivity index (χ1v) is 10.6. The Balaban J connectivity index is 1.44. The molecule has 156 valence electrons. The van der Waals surface area contributed by atoms with Crippen LogP contribution in [0.1, 0.15) is 59.3 Å². The summed E-state index contributed by atoms with van der Waals surface area (Å²) in [5, 5.41) is 12.0. The maximum Gasteiger partial charge on any atom is 0.407 e. The Morgan fingerprint density at radius 2 is 1.89 bits per heavy atom. The lowest BCUT2D eigenvalue weighted by Crippen LogP contribution is -2.42. The molecular formula is C20H31ClN4O3. The van der Waals surface area contributed by atoms with Crippen molar-refractivity contribution in [1.29, 1.82) is 5.26 Å². The summed E-state index contributed by atoms with van der Waals surface area (Å²) in [4.78, 5) is 26.1. The van der Waals surface area contributed by atoms with E-state index in [2.05, 4.69) is 11.4 Å². The monoisotopic (exact) mass is 410 g/mol. The Morgan fingerprint density at radius 3 is 2.46 bits per heavy atom. The molecule has 2 aliphatic carbocycles. The summed E-state index contributed by atoms with van der Waals surface area (Å²) in [6.07, 6.45) is 4.81. The van der Waals surface area contributed by atoms with Gasteiger partial charge in [-0.25, -0.2) is 9.21 Å². The van der Waals surface area contributed by atoms with Gasteiger partial charge in [0.25, 0.3) is 0 Å². The van der Waals surface area contributed by atoms with Gasteiger partial charge in [0.1, 0.15) is 12.1 Å². The van der Waals surface area contributed by atoms with Crippen LogP contribution < -0.4 is 5.32 Å². The van der Waals surface area contributed by atoms with E-state index in [1.807, 2.05) is 20.8 Å².